The molecule has 0 aromatic carbocycles. The van der Waals surface area contributed by atoms with Gasteiger partial charge in [0.2, 0.25) is 8.32 Å². The van der Waals surface area contributed by atoms with Crippen molar-refractivity contribution in [2.24, 2.45) is 0 Å². The van der Waals surface area contributed by atoms with Gasteiger partial charge in [0.05, 0.1) is 0 Å². The molecule has 72 valence electrons. The highest BCUT2D eigenvalue weighted by Crippen LogP contribution is 2.39. The molecule has 0 radical (unpaired) electrons. The summed E-state index contributed by atoms with van der Waals surface area (Å²) in [6, 6.07) is 0.652. The minimum absolute atomic E-state index is 0.329. The molecule has 0 amide bonds. The molecule has 0 bridgehead atoms. The third-order valence-electron chi connectivity index (χ3n) is 2.95. The largest absolute Gasteiger partial charge is 0.342 e. The fourth-order valence-electron chi connectivity index (χ4n) is 0.771. The highest BCUT2D eigenvalue weighted by atomic mass is 28.4. The van der Waals surface area contributed by atoms with Crippen molar-refractivity contribution >= 4 is 8.32 Å². The Labute approximate surface area is 77.0 Å². The molecule has 0 aliphatic carbocycles. The fraction of sp³-hybridized carbons (Fsp3) is 1.00. The van der Waals surface area contributed by atoms with Crippen molar-refractivity contribution < 1.29 is 4.53 Å². The fourth-order valence-corrected chi connectivity index (χ4v) is 1.89. The van der Waals surface area contributed by atoms with Gasteiger partial charge in [-0.1, -0.05) is 20.8 Å². The van der Waals surface area contributed by atoms with Crippen LogP contribution in [-0.4, -0.2) is 26.0 Å². The second-order valence-electron chi connectivity index (χ2n) is 5.30. The van der Waals surface area contributed by atoms with Crippen LogP contribution in [0.25, 0.3) is 0 Å². The van der Waals surface area contributed by atoms with Crippen molar-refractivity contribution in [2.45, 2.75) is 51.9 Å². The molecule has 0 aromatic rings. The first-order valence-corrected chi connectivity index (χ1v) is 7.60. The van der Waals surface area contributed by atoms with Crippen molar-refractivity contribution in [1.29, 1.82) is 0 Å². The summed E-state index contributed by atoms with van der Waals surface area (Å²) in [5.41, 5.74) is 0. The van der Waals surface area contributed by atoms with Crippen LogP contribution in [-0.2, 0) is 4.53 Å². The van der Waals surface area contributed by atoms with E-state index in [0.717, 1.165) is 6.54 Å². The molecule has 2 unspecified atom stereocenters. The molecule has 1 heterocycles. The first-order chi connectivity index (χ1) is 5.24. The van der Waals surface area contributed by atoms with E-state index in [1.807, 2.05) is 0 Å². The average Bonchev–Trinajstić information content (AvgIpc) is 2.41. The molecule has 1 aliphatic heterocycles. The second kappa shape index (κ2) is 2.82. The highest BCUT2D eigenvalue weighted by molar-refractivity contribution is 6.74. The van der Waals surface area contributed by atoms with E-state index in [9.17, 15) is 0 Å². The van der Waals surface area contributed by atoms with Crippen LogP contribution < -0.4 is 0 Å². The molecule has 0 saturated carbocycles. The predicted molar refractivity (Wildman–Crippen MR) is 54.5 cm³/mol. The summed E-state index contributed by atoms with van der Waals surface area (Å²) in [6.45, 7) is 14.7. The van der Waals surface area contributed by atoms with E-state index in [1.165, 1.54) is 0 Å². The SMILES string of the molecule is CC1CN1O[Si](C)(C)C(C)(C)C. The van der Waals surface area contributed by atoms with Gasteiger partial charge in [-0.05, 0) is 25.1 Å². The molecular formula is C9H21NOSi. The zero-order chi connectivity index (χ0) is 9.57. The van der Waals surface area contributed by atoms with Gasteiger partial charge >= 0.3 is 0 Å². The minimum atomic E-state index is -1.52. The summed E-state index contributed by atoms with van der Waals surface area (Å²) in [4.78, 5) is 0. The van der Waals surface area contributed by atoms with E-state index in [1.54, 1.807) is 0 Å². The molecule has 0 N–H and O–H groups in total. The summed E-state index contributed by atoms with van der Waals surface area (Å²) in [5.74, 6) is 0. The standard InChI is InChI=1S/C9H21NOSi/c1-8-7-10(8)11-12(5,6)9(2,3)4/h8H,7H2,1-6H3. The maximum atomic E-state index is 6.00. The van der Waals surface area contributed by atoms with Crippen LogP contribution >= 0.6 is 0 Å². The Morgan fingerprint density at radius 1 is 1.33 bits per heavy atom. The zero-order valence-electron chi connectivity index (χ0n) is 9.14. The Morgan fingerprint density at radius 3 is 2.00 bits per heavy atom. The Bertz CT molecular complexity index is 174. The van der Waals surface area contributed by atoms with Crippen molar-refractivity contribution in [3.8, 4) is 0 Å². The third kappa shape index (κ3) is 2.09. The van der Waals surface area contributed by atoms with Crippen LogP contribution in [0.15, 0.2) is 0 Å². The third-order valence-corrected chi connectivity index (χ3v) is 7.26. The molecule has 2 nitrogen and oxygen atoms in total. The first kappa shape index (κ1) is 10.2. The molecule has 3 heteroatoms. The maximum Gasteiger partial charge on any atom is 0.220 e. The molecule has 1 rings (SSSR count). The highest BCUT2D eigenvalue weighted by Gasteiger charge is 2.44. The lowest BCUT2D eigenvalue weighted by Gasteiger charge is -2.35. The van der Waals surface area contributed by atoms with Gasteiger partial charge in [0.1, 0.15) is 0 Å². The Kier molecular flexibility index (Phi) is 2.40. The lowest BCUT2D eigenvalue weighted by molar-refractivity contribution is 0.0367. The average molecular weight is 187 g/mol. The minimum Gasteiger partial charge on any atom is -0.342 e. The number of nitrogens with zero attached hydrogens (tertiary/aromatic N) is 1. The molecule has 0 aromatic heterocycles. The van der Waals surface area contributed by atoms with Crippen molar-refractivity contribution in [3.05, 3.63) is 0 Å². The molecule has 1 fully saturated rings. The monoisotopic (exact) mass is 187 g/mol. The topological polar surface area (TPSA) is 12.2 Å². The lowest BCUT2D eigenvalue weighted by Crippen LogP contribution is -2.42. The number of hydroxylamine groups is 2. The summed E-state index contributed by atoms with van der Waals surface area (Å²) >= 11 is 0. The summed E-state index contributed by atoms with van der Waals surface area (Å²) < 4.78 is 6.00. The maximum absolute atomic E-state index is 6.00. The summed E-state index contributed by atoms with van der Waals surface area (Å²) in [6.07, 6.45) is 0. The molecule has 2 atom stereocenters. The zero-order valence-corrected chi connectivity index (χ0v) is 10.1. The number of hydrogen-bond acceptors (Lipinski definition) is 2. The van der Waals surface area contributed by atoms with Gasteiger partial charge in [0.15, 0.2) is 0 Å². The van der Waals surface area contributed by atoms with Crippen molar-refractivity contribution in [1.82, 2.24) is 5.06 Å². The normalized spacial score (nSPS) is 30.5. The molecule has 1 aliphatic rings. The Balaban J connectivity index is 2.48. The van der Waals surface area contributed by atoms with Crippen LogP contribution in [0.4, 0.5) is 0 Å². The van der Waals surface area contributed by atoms with Gasteiger partial charge in [0, 0.05) is 12.6 Å². The van der Waals surface area contributed by atoms with Crippen LogP contribution in [0, 0.1) is 0 Å². The number of hydrogen-bond donors (Lipinski definition) is 0. The van der Waals surface area contributed by atoms with Crippen LogP contribution in [0.1, 0.15) is 27.7 Å². The van der Waals surface area contributed by atoms with Gasteiger partial charge < -0.3 is 4.53 Å². The van der Waals surface area contributed by atoms with Gasteiger partial charge in [-0.15, -0.1) is 0 Å². The molecular weight excluding hydrogens is 166 g/mol. The van der Waals surface area contributed by atoms with Gasteiger partial charge in [-0.2, -0.15) is 5.06 Å². The smallest absolute Gasteiger partial charge is 0.220 e. The summed E-state index contributed by atoms with van der Waals surface area (Å²) in [5, 5.41) is 2.44. The van der Waals surface area contributed by atoms with Crippen LogP contribution in [0.3, 0.4) is 0 Å². The van der Waals surface area contributed by atoms with E-state index in [2.05, 4.69) is 45.9 Å². The first-order valence-electron chi connectivity index (χ1n) is 4.70. The van der Waals surface area contributed by atoms with Gasteiger partial charge in [-0.25, -0.2) is 0 Å². The quantitative estimate of drug-likeness (QED) is 0.487. The van der Waals surface area contributed by atoms with Gasteiger partial charge in [0.25, 0.3) is 0 Å². The van der Waals surface area contributed by atoms with E-state index < -0.39 is 8.32 Å². The lowest BCUT2D eigenvalue weighted by atomic mass is 10.2. The van der Waals surface area contributed by atoms with Crippen molar-refractivity contribution in [2.75, 3.05) is 6.54 Å². The van der Waals surface area contributed by atoms with Crippen molar-refractivity contribution in [3.63, 3.8) is 0 Å². The molecule has 12 heavy (non-hydrogen) atoms. The van der Waals surface area contributed by atoms with Gasteiger partial charge in [-0.3, -0.25) is 0 Å². The molecule has 0 spiro atoms. The Morgan fingerprint density at radius 2 is 1.75 bits per heavy atom. The second-order valence-corrected chi connectivity index (χ2v) is 10.0. The van der Waals surface area contributed by atoms with E-state index in [0.29, 0.717) is 11.1 Å². The molecule has 1 saturated heterocycles. The number of rotatable bonds is 2. The van der Waals surface area contributed by atoms with E-state index >= 15 is 0 Å². The van der Waals surface area contributed by atoms with Crippen LogP contribution in [0.5, 0.6) is 0 Å². The Hall–Kier alpha value is 0.137. The van der Waals surface area contributed by atoms with Crippen LogP contribution in [0.2, 0.25) is 18.1 Å². The van der Waals surface area contributed by atoms with E-state index in [-0.39, 0.29) is 0 Å². The van der Waals surface area contributed by atoms with E-state index in [4.69, 9.17) is 4.53 Å². The predicted octanol–water partition coefficient (Wildman–Crippen LogP) is 2.63. The summed E-state index contributed by atoms with van der Waals surface area (Å²) in [7, 11) is -1.52.